The van der Waals surface area contributed by atoms with Crippen LogP contribution < -0.4 is 4.74 Å². The van der Waals surface area contributed by atoms with E-state index in [9.17, 15) is 5.11 Å². The van der Waals surface area contributed by atoms with Crippen LogP contribution in [0.2, 0.25) is 0 Å². The Kier molecular flexibility index (Phi) is 3.44. The summed E-state index contributed by atoms with van der Waals surface area (Å²) >= 11 is 0. The second-order valence-electron chi connectivity index (χ2n) is 4.77. The molecule has 0 aromatic heterocycles. The van der Waals surface area contributed by atoms with Crippen LogP contribution >= 0.6 is 0 Å². The number of benzene rings is 1. The van der Waals surface area contributed by atoms with Gasteiger partial charge in [-0.3, -0.25) is 0 Å². The SMILES string of the molecule is COc1cc(CC#N)c(O)c(C(C)(C)C)c1. The van der Waals surface area contributed by atoms with E-state index in [1.165, 1.54) is 0 Å². The van der Waals surface area contributed by atoms with Gasteiger partial charge in [0, 0.05) is 11.1 Å². The molecule has 0 aliphatic rings. The van der Waals surface area contributed by atoms with Crippen molar-refractivity contribution in [2.45, 2.75) is 32.6 Å². The van der Waals surface area contributed by atoms with Gasteiger partial charge in [0.05, 0.1) is 19.6 Å². The molecule has 0 spiro atoms. The number of aromatic hydroxyl groups is 1. The Morgan fingerprint density at radius 3 is 2.44 bits per heavy atom. The first kappa shape index (κ1) is 12.4. The van der Waals surface area contributed by atoms with Crippen LogP contribution in [0.15, 0.2) is 12.1 Å². The molecule has 0 heterocycles. The van der Waals surface area contributed by atoms with E-state index in [2.05, 4.69) is 0 Å². The van der Waals surface area contributed by atoms with Crippen LogP contribution in [-0.4, -0.2) is 12.2 Å². The van der Waals surface area contributed by atoms with E-state index in [0.717, 1.165) is 5.56 Å². The highest BCUT2D eigenvalue weighted by Gasteiger charge is 2.21. The molecule has 1 N–H and O–H groups in total. The minimum atomic E-state index is -0.178. The van der Waals surface area contributed by atoms with Gasteiger partial charge in [0.1, 0.15) is 11.5 Å². The van der Waals surface area contributed by atoms with E-state index in [-0.39, 0.29) is 17.6 Å². The van der Waals surface area contributed by atoms with Crippen molar-refractivity contribution in [3.63, 3.8) is 0 Å². The molecule has 0 fully saturated rings. The second-order valence-corrected chi connectivity index (χ2v) is 4.77. The summed E-state index contributed by atoms with van der Waals surface area (Å²) in [5, 5.41) is 18.8. The van der Waals surface area contributed by atoms with E-state index >= 15 is 0 Å². The van der Waals surface area contributed by atoms with Gasteiger partial charge in [-0.15, -0.1) is 0 Å². The van der Waals surface area contributed by atoms with Crippen LogP contribution in [0.1, 0.15) is 31.9 Å². The number of hydrogen-bond donors (Lipinski definition) is 1. The third-order valence-electron chi connectivity index (χ3n) is 2.48. The van der Waals surface area contributed by atoms with Crippen molar-refractivity contribution in [3.05, 3.63) is 23.3 Å². The molecule has 0 bridgehead atoms. The molecule has 1 aromatic carbocycles. The van der Waals surface area contributed by atoms with E-state index in [1.54, 1.807) is 13.2 Å². The molecule has 3 nitrogen and oxygen atoms in total. The molecule has 0 unspecified atom stereocenters. The monoisotopic (exact) mass is 219 g/mol. The zero-order valence-electron chi connectivity index (χ0n) is 10.2. The summed E-state index contributed by atoms with van der Waals surface area (Å²) in [6.45, 7) is 6.03. The van der Waals surface area contributed by atoms with Crippen LogP contribution in [-0.2, 0) is 11.8 Å². The Hall–Kier alpha value is -1.69. The second kappa shape index (κ2) is 4.44. The molecule has 0 atom stereocenters. The quantitative estimate of drug-likeness (QED) is 0.832. The summed E-state index contributed by atoms with van der Waals surface area (Å²) in [4.78, 5) is 0. The third-order valence-corrected chi connectivity index (χ3v) is 2.48. The molecule has 0 amide bonds. The predicted molar refractivity (Wildman–Crippen MR) is 62.7 cm³/mol. The van der Waals surface area contributed by atoms with Crippen molar-refractivity contribution in [2.24, 2.45) is 0 Å². The molecule has 0 aliphatic carbocycles. The highest BCUT2D eigenvalue weighted by molar-refractivity contribution is 5.50. The zero-order chi connectivity index (χ0) is 12.3. The molecule has 16 heavy (non-hydrogen) atoms. The Morgan fingerprint density at radius 1 is 1.38 bits per heavy atom. The average molecular weight is 219 g/mol. The van der Waals surface area contributed by atoms with Gasteiger partial charge in [0.15, 0.2) is 0 Å². The number of phenolic OH excluding ortho intramolecular Hbond substituents is 1. The normalized spacial score (nSPS) is 10.9. The van der Waals surface area contributed by atoms with Crippen molar-refractivity contribution in [1.82, 2.24) is 0 Å². The lowest BCUT2D eigenvalue weighted by Gasteiger charge is -2.22. The van der Waals surface area contributed by atoms with Crippen molar-refractivity contribution in [1.29, 1.82) is 5.26 Å². The van der Waals surface area contributed by atoms with Gasteiger partial charge in [0.25, 0.3) is 0 Å². The van der Waals surface area contributed by atoms with Gasteiger partial charge >= 0.3 is 0 Å². The molecular weight excluding hydrogens is 202 g/mol. The molecule has 0 aliphatic heterocycles. The maximum absolute atomic E-state index is 10.1. The van der Waals surface area contributed by atoms with Gasteiger partial charge in [-0.25, -0.2) is 0 Å². The Balaban J connectivity index is 3.38. The lowest BCUT2D eigenvalue weighted by atomic mass is 9.84. The van der Waals surface area contributed by atoms with Crippen molar-refractivity contribution < 1.29 is 9.84 Å². The van der Waals surface area contributed by atoms with E-state index in [4.69, 9.17) is 10.00 Å². The number of phenols is 1. The van der Waals surface area contributed by atoms with Crippen LogP contribution in [0.25, 0.3) is 0 Å². The van der Waals surface area contributed by atoms with Gasteiger partial charge in [-0.2, -0.15) is 5.26 Å². The lowest BCUT2D eigenvalue weighted by Crippen LogP contribution is -2.12. The van der Waals surface area contributed by atoms with Crippen molar-refractivity contribution in [2.75, 3.05) is 7.11 Å². The maximum Gasteiger partial charge on any atom is 0.123 e. The minimum absolute atomic E-state index is 0.178. The zero-order valence-corrected chi connectivity index (χ0v) is 10.2. The highest BCUT2D eigenvalue weighted by atomic mass is 16.5. The number of methoxy groups -OCH3 is 1. The summed E-state index contributed by atoms with van der Waals surface area (Å²) in [5.41, 5.74) is 1.24. The first-order valence-corrected chi connectivity index (χ1v) is 5.17. The highest BCUT2D eigenvalue weighted by Crippen LogP contribution is 2.36. The van der Waals surface area contributed by atoms with Crippen LogP contribution in [0.4, 0.5) is 0 Å². The number of nitriles is 1. The molecule has 0 saturated heterocycles. The topological polar surface area (TPSA) is 53.2 Å². The largest absolute Gasteiger partial charge is 0.507 e. The number of nitrogens with zero attached hydrogens (tertiary/aromatic N) is 1. The fourth-order valence-corrected chi connectivity index (χ4v) is 1.57. The van der Waals surface area contributed by atoms with Gasteiger partial charge in [-0.1, -0.05) is 20.8 Å². The summed E-state index contributed by atoms with van der Waals surface area (Å²) in [6, 6.07) is 5.56. The first-order valence-electron chi connectivity index (χ1n) is 5.17. The third kappa shape index (κ3) is 2.46. The number of hydrogen-bond acceptors (Lipinski definition) is 3. The fourth-order valence-electron chi connectivity index (χ4n) is 1.57. The molecule has 86 valence electrons. The lowest BCUT2D eigenvalue weighted by molar-refractivity contribution is 0.403. The molecule has 0 saturated carbocycles. The predicted octanol–water partition coefficient (Wildman–Crippen LogP) is 2.76. The van der Waals surface area contributed by atoms with E-state index in [1.807, 2.05) is 32.9 Å². The molecular formula is C13H17NO2. The molecule has 1 aromatic rings. The summed E-state index contributed by atoms with van der Waals surface area (Å²) < 4.78 is 5.17. The van der Waals surface area contributed by atoms with Gasteiger partial charge in [0.2, 0.25) is 0 Å². The molecule has 0 radical (unpaired) electrons. The summed E-state index contributed by atoms with van der Waals surface area (Å²) in [5.74, 6) is 0.878. The maximum atomic E-state index is 10.1. The van der Waals surface area contributed by atoms with Gasteiger partial charge in [-0.05, 0) is 17.5 Å². The fraction of sp³-hybridized carbons (Fsp3) is 0.462. The molecule has 3 heteroatoms. The van der Waals surface area contributed by atoms with Crippen LogP contribution in [0.3, 0.4) is 0 Å². The first-order chi connectivity index (χ1) is 7.40. The van der Waals surface area contributed by atoms with Crippen LogP contribution in [0, 0.1) is 11.3 Å². The number of ether oxygens (including phenoxy) is 1. The Morgan fingerprint density at radius 2 is 2.00 bits per heavy atom. The Labute approximate surface area is 96.3 Å². The van der Waals surface area contributed by atoms with E-state index in [0.29, 0.717) is 11.3 Å². The Bertz CT molecular complexity index is 425. The van der Waals surface area contributed by atoms with Crippen molar-refractivity contribution >= 4 is 0 Å². The summed E-state index contributed by atoms with van der Waals surface area (Å²) in [7, 11) is 1.58. The standard InChI is InChI=1S/C13H17NO2/c1-13(2,3)11-8-10(16-4)7-9(5-6-14)12(11)15/h7-8,15H,5H2,1-4H3. The van der Waals surface area contributed by atoms with Crippen LogP contribution in [0.5, 0.6) is 11.5 Å². The number of rotatable bonds is 2. The minimum Gasteiger partial charge on any atom is -0.507 e. The van der Waals surface area contributed by atoms with Gasteiger partial charge < -0.3 is 9.84 Å². The van der Waals surface area contributed by atoms with Crippen molar-refractivity contribution in [3.8, 4) is 17.6 Å². The molecule has 1 rings (SSSR count). The summed E-state index contributed by atoms with van der Waals surface area (Å²) in [6.07, 6.45) is 0.187. The average Bonchev–Trinajstić information content (AvgIpc) is 2.19. The van der Waals surface area contributed by atoms with E-state index < -0.39 is 0 Å². The smallest absolute Gasteiger partial charge is 0.123 e.